The van der Waals surface area contributed by atoms with Gasteiger partial charge in [0.05, 0.1) is 6.04 Å². The Bertz CT molecular complexity index is 660. The molecule has 2 N–H and O–H groups in total. The second-order valence-corrected chi connectivity index (χ2v) is 7.50. The van der Waals surface area contributed by atoms with Crippen LogP contribution in [0, 0.1) is 5.92 Å². The molecule has 2 atom stereocenters. The molecule has 0 radical (unpaired) electrons. The van der Waals surface area contributed by atoms with Crippen molar-refractivity contribution in [2.75, 3.05) is 19.7 Å². The van der Waals surface area contributed by atoms with Crippen molar-refractivity contribution in [2.24, 2.45) is 5.92 Å². The van der Waals surface area contributed by atoms with Gasteiger partial charge in [0, 0.05) is 29.6 Å². The van der Waals surface area contributed by atoms with Crippen molar-refractivity contribution < 1.29 is 9.90 Å². The maximum absolute atomic E-state index is 12.7. The third kappa shape index (κ3) is 4.09. The lowest BCUT2D eigenvalue weighted by atomic mass is 9.99. The molecule has 0 bridgehead atoms. The Balaban J connectivity index is 1.77. The van der Waals surface area contributed by atoms with Crippen LogP contribution in [0.1, 0.15) is 29.3 Å². The van der Waals surface area contributed by atoms with Crippen molar-refractivity contribution in [1.29, 1.82) is 0 Å². The van der Waals surface area contributed by atoms with Crippen LogP contribution in [0.4, 0.5) is 4.79 Å². The highest BCUT2D eigenvalue weighted by Gasteiger charge is 2.26. The fourth-order valence-corrected chi connectivity index (χ4v) is 3.97. The van der Waals surface area contributed by atoms with Crippen molar-refractivity contribution >= 4 is 29.0 Å². The molecule has 1 aromatic carbocycles. The van der Waals surface area contributed by atoms with Gasteiger partial charge in [-0.3, -0.25) is 0 Å². The van der Waals surface area contributed by atoms with Crippen molar-refractivity contribution in [1.82, 2.24) is 10.2 Å². The van der Waals surface area contributed by atoms with E-state index in [1.807, 2.05) is 41.8 Å². The number of rotatable bonds is 4. The molecule has 0 saturated carbocycles. The molecule has 0 aliphatic carbocycles. The minimum absolute atomic E-state index is 0.0819. The van der Waals surface area contributed by atoms with Gasteiger partial charge in [0.1, 0.15) is 0 Å². The number of aliphatic hydroxyl groups excluding tert-OH is 1. The predicted octanol–water partition coefficient (Wildman–Crippen LogP) is 3.90. The molecular formula is C18H21ClN2O2S. The van der Waals surface area contributed by atoms with Crippen LogP contribution in [0.5, 0.6) is 0 Å². The Morgan fingerprint density at radius 1 is 1.38 bits per heavy atom. The number of amides is 2. The Morgan fingerprint density at radius 2 is 2.17 bits per heavy atom. The number of hydrogen-bond donors (Lipinski definition) is 2. The topological polar surface area (TPSA) is 52.6 Å². The van der Waals surface area contributed by atoms with Gasteiger partial charge in [0.2, 0.25) is 0 Å². The van der Waals surface area contributed by atoms with Crippen molar-refractivity contribution in [2.45, 2.75) is 18.9 Å². The number of halogens is 1. The van der Waals surface area contributed by atoms with Gasteiger partial charge in [0.15, 0.2) is 0 Å². The summed E-state index contributed by atoms with van der Waals surface area (Å²) in [6.45, 7) is 1.48. The fraction of sp³-hybridized carbons (Fsp3) is 0.389. The highest BCUT2D eigenvalue weighted by atomic mass is 35.5. The number of thiophene rings is 1. The number of hydrogen-bond acceptors (Lipinski definition) is 3. The van der Waals surface area contributed by atoms with Crippen LogP contribution in [0.25, 0.3) is 0 Å². The normalized spacial score (nSPS) is 19.1. The lowest BCUT2D eigenvalue weighted by Crippen LogP contribution is -2.47. The number of aliphatic hydroxyl groups is 1. The number of likely N-dealkylation sites (tertiary alicyclic amines) is 1. The summed E-state index contributed by atoms with van der Waals surface area (Å²) in [5.41, 5.74) is 1.01. The Hall–Kier alpha value is -1.56. The van der Waals surface area contributed by atoms with E-state index in [-0.39, 0.29) is 24.6 Å². The van der Waals surface area contributed by atoms with Crippen molar-refractivity contribution in [3.63, 3.8) is 0 Å². The summed E-state index contributed by atoms with van der Waals surface area (Å²) in [4.78, 5) is 15.6. The Morgan fingerprint density at radius 3 is 2.83 bits per heavy atom. The van der Waals surface area contributed by atoms with Gasteiger partial charge in [-0.05, 0) is 47.9 Å². The first-order valence-corrected chi connectivity index (χ1v) is 9.38. The molecule has 1 aliphatic heterocycles. The van der Waals surface area contributed by atoms with Gasteiger partial charge in [-0.1, -0.05) is 29.8 Å². The van der Waals surface area contributed by atoms with Gasteiger partial charge in [-0.25, -0.2) is 4.79 Å². The van der Waals surface area contributed by atoms with E-state index in [2.05, 4.69) is 5.32 Å². The van der Waals surface area contributed by atoms with Gasteiger partial charge >= 0.3 is 6.03 Å². The average molecular weight is 365 g/mol. The standard InChI is InChI=1S/C18H21ClN2O2S/c19-15-7-5-14(6-8-15)17(16-4-2-10-24-16)20-18(23)21-9-1-3-13(11-21)12-22/h2,4-8,10,13,17,22H,1,3,9,11-12H2,(H,20,23). The zero-order chi connectivity index (χ0) is 16.9. The first-order valence-electron chi connectivity index (χ1n) is 8.12. The highest BCUT2D eigenvalue weighted by molar-refractivity contribution is 7.10. The van der Waals surface area contributed by atoms with Gasteiger partial charge < -0.3 is 15.3 Å². The van der Waals surface area contributed by atoms with E-state index in [4.69, 9.17) is 11.6 Å². The number of piperidine rings is 1. The van der Waals surface area contributed by atoms with Crippen LogP contribution < -0.4 is 5.32 Å². The molecule has 1 saturated heterocycles. The largest absolute Gasteiger partial charge is 0.396 e. The summed E-state index contributed by atoms with van der Waals surface area (Å²) in [6.07, 6.45) is 1.91. The number of nitrogens with one attached hydrogen (secondary N) is 1. The highest BCUT2D eigenvalue weighted by Crippen LogP contribution is 2.27. The first-order chi connectivity index (χ1) is 11.7. The average Bonchev–Trinajstić information content (AvgIpc) is 3.15. The van der Waals surface area contributed by atoms with Crippen LogP contribution in [-0.2, 0) is 0 Å². The lowest BCUT2D eigenvalue weighted by Gasteiger charge is -2.33. The van der Waals surface area contributed by atoms with E-state index in [0.717, 1.165) is 29.8 Å². The third-order valence-corrected chi connectivity index (χ3v) is 5.55. The number of carbonyl (C=O) groups excluding carboxylic acids is 1. The number of carbonyl (C=O) groups is 1. The second-order valence-electron chi connectivity index (χ2n) is 6.09. The van der Waals surface area contributed by atoms with E-state index in [1.165, 1.54) is 0 Å². The SMILES string of the molecule is O=C(NC(c1ccc(Cl)cc1)c1cccs1)N1CCCC(CO)C1. The smallest absolute Gasteiger partial charge is 0.318 e. The summed E-state index contributed by atoms with van der Waals surface area (Å²) in [7, 11) is 0. The van der Waals surface area contributed by atoms with Crippen molar-refractivity contribution in [3.8, 4) is 0 Å². The molecule has 1 aliphatic rings. The zero-order valence-corrected chi connectivity index (χ0v) is 14.9. The number of urea groups is 1. The minimum atomic E-state index is -0.190. The molecule has 24 heavy (non-hydrogen) atoms. The molecule has 6 heteroatoms. The molecular weight excluding hydrogens is 344 g/mol. The third-order valence-electron chi connectivity index (χ3n) is 4.36. The molecule has 2 heterocycles. The second kappa shape index (κ2) is 8.01. The maximum Gasteiger partial charge on any atom is 0.318 e. The van der Waals surface area contributed by atoms with Crippen LogP contribution in [-0.4, -0.2) is 35.7 Å². The maximum atomic E-state index is 12.7. The summed E-state index contributed by atoms with van der Waals surface area (Å²) >= 11 is 7.60. The van der Waals surface area contributed by atoms with Gasteiger partial charge in [0.25, 0.3) is 0 Å². The molecule has 2 amide bonds. The van der Waals surface area contributed by atoms with Crippen LogP contribution in [0.15, 0.2) is 41.8 Å². The zero-order valence-electron chi connectivity index (χ0n) is 13.3. The summed E-state index contributed by atoms with van der Waals surface area (Å²) < 4.78 is 0. The van der Waals surface area contributed by atoms with Gasteiger partial charge in [-0.15, -0.1) is 11.3 Å². The quantitative estimate of drug-likeness (QED) is 0.864. The first kappa shape index (κ1) is 17.3. The van der Waals surface area contributed by atoms with E-state index in [9.17, 15) is 9.90 Å². The summed E-state index contributed by atoms with van der Waals surface area (Å²) in [5, 5.41) is 15.2. The molecule has 3 rings (SSSR count). The van der Waals surface area contributed by atoms with E-state index in [0.29, 0.717) is 11.6 Å². The minimum Gasteiger partial charge on any atom is -0.396 e. The Kier molecular flexibility index (Phi) is 5.76. The summed E-state index contributed by atoms with van der Waals surface area (Å²) in [5.74, 6) is 0.181. The molecule has 128 valence electrons. The lowest BCUT2D eigenvalue weighted by molar-refractivity contribution is 0.128. The van der Waals surface area contributed by atoms with E-state index in [1.54, 1.807) is 16.2 Å². The molecule has 1 fully saturated rings. The van der Waals surface area contributed by atoms with Crippen LogP contribution in [0.3, 0.4) is 0 Å². The van der Waals surface area contributed by atoms with Crippen LogP contribution in [0.2, 0.25) is 5.02 Å². The number of nitrogens with zero attached hydrogens (tertiary/aromatic N) is 1. The molecule has 4 nitrogen and oxygen atoms in total. The van der Waals surface area contributed by atoms with Crippen molar-refractivity contribution in [3.05, 3.63) is 57.2 Å². The van der Waals surface area contributed by atoms with E-state index < -0.39 is 0 Å². The molecule has 2 unspecified atom stereocenters. The Labute approximate surface area is 151 Å². The van der Waals surface area contributed by atoms with Gasteiger partial charge in [-0.2, -0.15) is 0 Å². The molecule has 2 aromatic rings. The van der Waals surface area contributed by atoms with Crippen LogP contribution >= 0.6 is 22.9 Å². The monoisotopic (exact) mass is 364 g/mol. The predicted molar refractivity (Wildman–Crippen MR) is 97.5 cm³/mol. The fourth-order valence-electron chi connectivity index (χ4n) is 3.04. The van der Waals surface area contributed by atoms with E-state index >= 15 is 0 Å². The number of benzene rings is 1. The summed E-state index contributed by atoms with van der Waals surface area (Å²) in [6, 6.07) is 11.3. The molecule has 1 aromatic heterocycles. The molecule has 0 spiro atoms.